The normalized spacial score (nSPS) is 26.1. The number of carbonyl (C=O) groups excluding carboxylic acids is 2. The van der Waals surface area contributed by atoms with E-state index in [1.807, 2.05) is 32.0 Å². The van der Waals surface area contributed by atoms with Crippen LogP contribution in [0.1, 0.15) is 122 Å². The maximum absolute atomic E-state index is 14.6. The summed E-state index contributed by atoms with van der Waals surface area (Å²) in [5.74, 6) is -2.74. The number of aromatic nitrogens is 1. The molecule has 11 heteroatoms. The van der Waals surface area contributed by atoms with Gasteiger partial charge < -0.3 is 24.2 Å². The number of carbonyl (C=O) groups is 2. The van der Waals surface area contributed by atoms with Gasteiger partial charge in [-0.1, -0.05) is 40.5 Å². The molecule has 1 saturated heterocycles. The Morgan fingerprint density at radius 3 is 2.41 bits per heavy atom. The lowest BCUT2D eigenvalue weighted by atomic mass is 9.58. The first kappa shape index (κ1) is 35.1. The van der Waals surface area contributed by atoms with Crippen molar-refractivity contribution in [2.75, 3.05) is 40.4 Å². The molecule has 4 atom stereocenters. The second kappa shape index (κ2) is 13.5. The fraction of sp³-hybridized carbons (Fsp3) is 0.632. The van der Waals surface area contributed by atoms with E-state index in [0.29, 0.717) is 36.6 Å². The maximum atomic E-state index is 14.6. The number of aliphatic hydroxyl groups is 2. The molecule has 2 heterocycles. The summed E-state index contributed by atoms with van der Waals surface area (Å²) in [4.78, 5) is 33.1. The average molecular weight is 675 g/mol. The van der Waals surface area contributed by atoms with Gasteiger partial charge in [0, 0.05) is 18.0 Å². The molecule has 0 saturated carbocycles. The van der Waals surface area contributed by atoms with Crippen LogP contribution in [0.25, 0.3) is 0 Å². The van der Waals surface area contributed by atoms with Crippen molar-refractivity contribution in [2.45, 2.75) is 97.2 Å². The highest BCUT2D eigenvalue weighted by Crippen LogP contribution is 2.56. The predicted molar refractivity (Wildman–Crippen MR) is 182 cm³/mol. The Morgan fingerprint density at radius 1 is 1.10 bits per heavy atom. The Hall–Kier alpha value is -3.72. The third-order valence-electron chi connectivity index (χ3n) is 11.2. The first-order valence-electron chi connectivity index (χ1n) is 17.9. The van der Waals surface area contributed by atoms with Crippen LogP contribution in [0.4, 0.5) is 0 Å². The highest BCUT2D eigenvalue weighted by Gasteiger charge is 2.64. The molecule has 0 unspecified atom stereocenters. The van der Waals surface area contributed by atoms with Gasteiger partial charge in [0.1, 0.15) is 17.1 Å². The molecule has 3 aliphatic carbocycles. The third kappa shape index (κ3) is 5.96. The number of nitrogens with zero attached hydrogens (tertiary/aromatic N) is 4. The van der Waals surface area contributed by atoms with Crippen LogP contribution in [0, 0.1) is 28.6 Å². The van der Waals surface area contributed by atoms with Gasteiger partial charge in [-0.05, 0) is 99.4 Å². The van der Waals surface area contributed by atoms with E-state index in [1.54, 1.807) is 0 Å². The average Bonchev–Trinajstić information content (AvgIpc) is 3.47. The number of benzene rings is 1. The molecular weight excluding hydrogens is 624 g/mol. The van der Waals surface area contributed by atoms with Gasteiger partial charge in [-0.25, -0.2) is 0 Å². The van der Waals surface area contributed by atoms with Crippen LogP contribution in [0.3, 0.4) is 0 Å². The van der Waals surface area contributed by atoms with Crippen molar-refractivity contribution in [3.8, 4) is 17.7 Å². The van der Waals surface area contributed by atoms with Crippen LogP contribution < -0.4 is 9.47 Å². The molecule has 1 aromatic heterocycles. The number of hydrogen-bond donors (Lipinski definition) is 2. The van der Waals surface area contributed by atoms with Crippen LogP contribution in [-0.4, -0.2) is 82.7 Å². The van der Waals surface area contributed by atoms with Crippen LogP contribution in [0.5, 0.6) is 11.6 Å². The van der Waals surface area contributed by atoms with Crippen molar-refractivity contribution in [3.05, 3.63) is 51.0 Å². The van der Waals surface area contributed by atoms with E-state index in [4.69, 9.17) is 14.0 Å². The van der Waals surface area contributed by atoms with E-state index in [-0.39, 0.29) is 46.6 Å². The van der Waals surface area contributed by atoms with E-state index < -0.39 is 40.8 Å². The zero-order valence-electron chi connectivity index (χ0n) is 29.7. The zero-order chi connectivity index (χ0) is 35.2. The van der Waals surface area contributed by atoms with Gasteiger partial charge in [-0.15, -0.1) is 0 Å². The standard InChI is InChI=1S/C38H50N4O7/c1-7-9-15-47-27-19-23(21-42-13-11-37(3,4)12-14-42)25(20-39)24-17-22-18-26-31(41(5)6)33-30(36(40-49-33)48-16-10-8-2)35(45)38(26,46)34(44)28(22)32(43)29(24)27/h19,22,26,31,44,46H,7-18,21H2,1-6H3/t22-,26-,31-,38-/m0/s1. The summed E-state index contributed by atoms with van der Waals surface area (Å²) in [6.45, 7) is 11.7. The third-order valence-corrected chi connectivity index (χ3v) is 11.2. The topological polar surface area (TPSA) is 149 Å². The van der Waals surface area contributed by atoms with Gasteiger partial charge >= 0.3 is 0 Å². The Kier molecular flexibility index (Phi) is 9.70. The fourth-order valence-corrected chi connectivity index (χ4v) is 8.22. The Labute approximate surface area is 288 Å². The van der Waals surface area contributed by atoms with Crippen molar-refractivity contribution < 1.29 is 33.8 Å². The summed E-state index contributed by atoms with van der Waals surface area (Å²) >= 11 is 0. The zero-order valence-corrected chi connectivity index (χ0v) is 29.7. The summed E-state index contributed by atoms with van der Waals surface area (Å²) in [5, 5.41) is 39.0. The minimum Gasteiger partial charge on any atom is -0.508 e. The Bertz CT molecular complexity index is 1690. The molecule has 0 bridgehead atoms. The van der Waals surface area contributed by atoms with E-state index in [1.165, 1.54) is 0 Å². The number of rotatable bonds is 11. The van der Waals surface area contributed by atoms with E-state index in [0.717, 1.165) is 57.2 Å². The summed E-state index contributed by atoms with van der Waals surface area (Å²) in [5.41, 5.74) is -0.00656. The number of fused-ring (bicyclic) bond motifs is 4. The van der Waals surface area contributed by atoms with Crippen LogP contribution in [0.2, 0.25) is 0 Å². The van der Waals surface area contributed by atoms with E-state index in [2.05, 4.69) is 36.9 Å². The lowest BCUT2D eigenvalue weighted by molar-refractivity contribution is -0.0559. The largest absolute Gasteiger partial charge is 0.508 e. The minimum absolute atomic E-state index is 0.000653. The first-order chi connectivity index (χ1) is 23.4. The smallest absolute Gasteiger partial charge is 0.265 e. The monoisotopic (exact) mass is 674 g/mol. The molecule has 1 aromatic carbocycles. The van der Waals surface area contributed by atoms with Crippen molar-refractivity contribution in [1.29, 1.82) is 5.26 Å². The molecule has 0 spiro atoms. The maximum Gasteiger partial charge on any atom is 0.265 e. The highest BCUT2D eigenvalue weighted by atomic mass is 16.5. The van der Waals surface area contributed by atoms with Gasteiger partial charge in [0.25, 0.3) is 5.88 Å². The number of ether oxygens (including phenoxy) is 2. The van der Waals surface area contributed by atoms with Crippen molar-refractivity contribution in [1.82, 2.24) is 15.0 Å². The van der Waals surface area contributed by atoms with Crippen molar-refractivity contribution in [3.63, 3.8) is 0 Å². The van der Waals surface area contributed by atoms with Gasteiger partial charge in [0.2, 0.25) is 5.78 Å². The Morgan fingerprint density at radius 2 is 1.78 bits per heavy atom. The lowest BCUT2D eigenvalue weighted by Gasteiger charge is -2.49. The molecule has 11 nitrogen and oxygen atoms in total. The summed E-state index contributed by atoms with van der Waals surface area (Å²) in [6, 6.07) is 3.60. The lowest BCUT2D eigenvalue weighted by Crippen LogP contribution is -2.59. The number of allylic oxidation sites excluding steroid dienone is 1. The number of ketones is 2. The molecule has 0 amide bonds. The number of nitriles is 1. The number of likely N-dealkylation sites (tertiary alicyclic amines) is 1. The van der Waals surface area contributed by atoms with Crippen LogP contribution >= 0.6 is 0 Å². The van der Waals surface area contributed by atoms with Crippen LogP contribution in [0.15, 0.2) is 21.9 Å². The number of Topliss-reactive ketones (excluding diaryl/α,β-unsaturated/α-hetero) is 2. The van der Waals surface area contributed by atoms with Gasteiger partial charge in [-0.2, -0.15) is 5.26 Å². The Balaban J connectivity index is 1.45. The van der Waals surface area contributed by atoms with Crippen LogP contribution in [-0.2, 0) is 13.0 Å². The number of piperidine rings is 1. The predicted octanol–water partition coefficient (Wildman–Crippen LogP) is 5.94. The number of aliphatic hydroxyl groups excluding tert-OH is 1. The second-order valence-corrected chi connectivity index (χ2v) is 15.3. The molecule has 1 fully saturated rings. The van der Waals surface area contributed by atoms with Gasteiger partial charge in [0.05, 0.1) is 36.5 Å². The molecule has 2 aromatic rings. The van der Waals surface area contributed by atoms with Gasteiger partial charge in [-0.3, -0.25) is 19.4 Å². The summed E-state index contributed by atoms with van der Waals surface area (Å²) in [6.07, 6.45) is 5.88. The van der Waals surface area contributed by atoms with E-state index >= 15 is 0 Å². The van der Waals surface area contributed by atoms with Crippen molar-refractivity contribution >= 4 is 11.6 Å². The summed E-state index contributed by atoms with van der Waals surface area (Å²) in [7, 11) is 3.62. The fourth-order valence-electron chi connectivity index (χ4n) is 8.22. The van der Waals surface area contributed by atoms with Gasteiger partial charge in [0.15, 0.2) is 17.1 Å². The van der Waals surface area contributed by atoms with E-state index in [9.17, 15) is 25.1 Å². The molecule has 0 radical (unpaired) electrons. The number of hydrogen-bond acceptors (Lipinski definition) is 11. The molecule has 6 rings (SSSR count). The quantitative estimate of drug-likeness (QED) is 0.273. The first-order valence-corrected chi connectivity index (χ1v) is 17.9. The SMILES string of the molecule is CCCCOc1cc(CN2CCC(C)(C)CC2)c(C#N)c2c1C(=O)C1=C(O)[C@]3(O)C(=O)c4c(OCCCC)noc4[C@@H](N(C)C)[C@@H]3C[C@@H]1C2. The molecule has 2 N–H and O–H groups in total. The molecular formula is C38H50N4O7. The minimum atomic E-state index is -2.40. The second-order valence-electron chi connectivity index (χ2n) is 15.3. The molecule has 4 aliphatic rings. The molecule has 49 heavy (non-hydrogen) atoms. The summed E-state index contributed by atoms with van der Waals surface area (Å²) < 4.78 is 17.8. The molecule has 1 aliphatic heterocycles. The van der Waals surface area contributed by atoms with Crippen molar-refractivity contribution in [2.24, 2.45) is 17.3 Å². The highest BCUT2D eigenvalue weighted by molar-refractivity contribution is 6.16. The number of unbranched alkanes of at least 4 members (excludes halogenated alkanes) is 2. The molecule has 264 valence electrons.